The van der Waals surface area contributed by atoms with Crippen molar-refractivity contribution in [1.82, 2.24) is 15.0 Å². The van der Waals surface area contributed by atoms with Crippen LogP contribution < -0.4 is 0 Å². The molecule has 2 atom stereocenters. The maximum atomic E-state index is 6.27. The maximum Gasteiger partial charge on any atom is 0.108 e. The summed E-state index contributed by atoms with van der Waals surface area (Å²) in [4.78, 5) is 15.1. The number of imidazole rings is 1. The van der Waals surface area contributed by atoms with E-state index >= 15 is 0 Å². The van der Waals surface area contributed by atoms with Crippen LogP contribution in [0.4, 0.5) is 0 Å². The highest BCUT2D eigenvalue weighted by Gasteiger charge is 2.47. The van der Waals surface area contributed by atoms with Crippen molar-refractivity contribution in [3.8, 4) is 0 Å². The predicted molar refractivity (Wildman–Crippen MR) is 115 cm³/mol. The molecule has 0 amide bonds. The fourth-order valence-corrected chi connectivity index (χ4v) is 4.83. The summed E-state index contributed by atoms with van der Waals surface area (Å²) in [5.74, 6) is 1.80. The molecule has 28 heavy (non-hydrogen) atoms. The van der Waals surface area contributed by atoms with Gasteiger partial charge in [0.25, 0.3) is 0 Å². The van der Waals surface area contributed by atoms with Gasteiger partial charge in [0.05, 0.1) is 11.6 Å². The number of aromatic amines is 1. The smallest absolute Gasteiger partial charge is 0.108 e. The number of hydrogen-bond donors (Lipinski definition) is 1. The quantitative estimate of drug-likeness (QED) is 0.514. The van der Waals surface area contributed by atoms with Crippen molar-refractivity contribution in [1.29, 1.82) is 0 Å². The van der Waals surface area contributed by atoms with Crippen molar-refractivity contribution in [2.75, 3.05) is 12.8 Å². The number of nitrogens with one attached hydrogen (secondary N) is 1. The fourth-order valence-electron chi connectivity index (χ4n) is 3.69. The number of benzene rings is 2. The first-order valence-corrected chi connectivity index (χ1v) is 10.8. The summed E-state index contributed by atoms with van der Waals surface area (Å²) in [6, 6.07) is 16.0. The number of rotatable bonds is 6. The van der Waals surface area contributed by atoms with Gasteiger partial charge in [0.1, 0.15) is 5.82 Å². The topological polar surface area (TPSA) is 41.1 Å². The first kappa shape index (κ1) is 19.8. The largest absolute Gasteiger partial charge is 0.349 e. The minimum Gasteiger partial charge on any atom is -0.349 e. The van der Waals surface area contributed by atoms with Gasteiger partial charge >= 0.3 is 0 Å². The Morgan fingerprint density at radius 3 is 2.46 bits per heavy atom. The third kappa shape index (κ3) is 4.24. The van der Waals surface area contributed by atoms with Crippen molar-refractivity contribution >= 4 is 35.0 Å². The van der Waals surface area contributed by atoms with Crippen LogP contribution in [0.25, 0.3) is 0 Å². The SMILES string of the molecule is CN1OC(CSc2ccc(Cl)cc2)CC1(Cc1ncc[nH]1)c1ccc(Cl)cc1. The van der Waals surface area contributed by atoms with Crippen LogP contribution in [0, 0.1) is 0 Å². The summed E-state index contributed by atoms with van der Waals surface area (Å²) in [6.45, 7) is 0. The standard InChI is InChI=1S/C21H21Cl2N3OS/c1-26-21(13-20-24-10-11-25-20,15-2-4-16(22)5-3-15)12-18(27-26)14-28-19-8-6-17(23)7-9-19/h2-11,18H,12-14H2,1H3,(H,24,25). The first-order chi connectivity index (χ1) is 13.5. The Morgan fingerprint density at radius 1 is 1.14 bits per heavy atom. The molecule has 0 spiro atoms. The van der Waals surface area contributed by atoms with Crippen molar-refractivity contribution in [2.45, 2.75) is 29.4 Å². The summed E-state index contributed by atoms with van der Waals surface area (Å²) in [5.41, 5.74) is 0.878. The second kappa shape index (κ2) is 8.47. The summed E-state index contributed by atoms with van der Waals surface area (Å²) in [7, 11) is 2.00. The van der Waals surface area contributed by atoms with Crippen LogP contribution in [0.1, 0.15) is 17.8 Å². The molecular weight excluding hydrogens is 413 g/mol. The zero-order chi connectivity index (χ0) is 19.6. The van der Waals surface area contributed by atoms with E-state index in [0.29, 0.717) is 0 Å². The van der Waals surface area contributed by atoms with Crippen LogP contribution in [0.3, 0.4) is 0 Å². The average molecular weight is 434 g/mol. The summed E-state index contributed by atoms with van der Waals surface area (Å²) in [5, 5.41) is 3.47. The Bertz CT molecular complexity index is 902. The molecule has 0 saturated carbocycles. The number of likely N-dealkylation sites (N-methyl/N-ethyl adjacent to an activating group) is 1. The lowest BCUT2D eigenvalue weighted by Gasteiger charge is -2.34. The van der Waals surface area contributed by atoms with Gasteiger partial charge in [-0.25, -0.2) is 4.98 Å². The van der Waals surface area contributed by atoms with Crippen LogP contribution in [0.2, 0.25) is 10.0 Å². The number of halogens is 2. The van der Waals surface area contributed by atoms with Gasteiger partial charge in [-0.2, -0.15) is 5.06 Å². The maximum absolute atomic E-state index is 6.27. The van der Waals surface area contributed by atoms with Gasteiger partial charge in [-0.15, -0.1) is 11.8 Å². The molecule has 4 nitrogen and oxygen atoms in total. The van der Waals surface area contributed by atoms with Gasteiger partial charge in [-0.3, -0.25) is 4.84 Å². The molecular formula is C21H21Cl2N3OS. The Labute approximate surface area is 179 Å². The zero-order valence-corrected chi connectivity index (χ0v) is 17.8. The Hall–Kier alpha value is -1.50. The van der Waals surface area contributed by atoms with Gasteiger partial charge in [-0.05, 0) is 42.0 Å². The summed E-state index contributed by atoms with van der Waals surface area (Å²) >= 11 is 13.9. The van der Waals surface area contributed by atoms with Gasteiger partial charge in [-0.1, -0.05) is 35.3 Å². The number of aromatic nitrogens is 2. The Kier molecular flexibility index (Phi) is 5.99. The van der Waals surface area contributed by atoms with E-state index in [4.69, 9.17) is 28.0 Å². The molecule has 146 valence electrons. The van der Waals surface area contributed by atoms with Crippen LogP contribution >= 0.6 is 35.0 Å². The van der Waals surface area contributed by atoms with Crippen molar-refractivity contribution < 1.29 is 4.84 Å². The molecule has 1 saturated heterocycles. The molecule has 1 aliphatic rings. The normalized spacial score (nSPS) is 22.6. The zero-order valence-electron chi connectivity index (χ0n) is 15.4. The number of H-pyrrole nitrogens is 1. The monoisotopic (exact) mass is 433 g/mol. The molecule has 7 heteroatoms. The molecule has 2 unspecified atom stereocenters. The third-order valence-electron chi connectivity index (χ3n) is 5.12. The van der Waals surface area contributed by atoms with Gasteiger partial charge < -0.3 is 4.98 Å². The second-order valence-corrected chi connectivity index (χ2v) is 8.91. The Balaban J connectivity index is 1.55. The predicted octanol–water partition coefficient (Wildman–Crippen LogP) is 5.58. The number of hydroxylamine groups is 2. The third-order valence-corrected chi connectivity index (χ3v) is 6.77. The Morgan fingerprint density at radius 2 is 1.82 bits per heavy atom. The molecule has 4 rings (SSSR count). The lowest BCUT2D eigenvalue weighted by molar-refractivity contribution is -0.166. The van der Waals surface area contributed by atoms with Crippen LogP contribution in [0.15, 0.2) is 65.8 Å². The lowest BCUT2D eigenvalue weighted by Crippen LogP contribution is -2.40. The van der Waals surface area contributed by atoms with Gasteiger partial charge in [0, 0.05) is 53.0 Å². The lowest BCUT2D eigenvalue weighted by atomic mass is 9.82. The highest BCUT2D eigenvalue weighted by molar-refractivity contribution is 7.99. The average Bonchev–Trinajstić information content (AvgIpc) is 3.31. The van der Waals surface area contributed by atoms with E-state index in [-0.39, 0.29) is 11.6 Å². The molecule has 1 aliphatic heterocycles. The van der Waals surface area contributed by atoms with E-state index < -0.39 is 0 Å². The minimum absolute atomic E-state index is 0.0938. The van der Waals surface area contributed by atoms with Gasteiger partial charge in [0.15, 0.2) is 0 Å². The molecule has 0 radical (unpaired) electrons. The molecule has 3 aromatic rings. The van der Waals surface area contributed by atoms with Crippen LogP contribution in [0.5, 0.6) is 0 Å². The highest BCUT2D eigenvalue weighted by atomic mass is 35.5. The molecule has 0 aliphatic carbocycles. The number of thioether (sulfide) groups is 1. The van der Waals surface area contributed by atoms with Crippen LogP contribution in [-0.4, -0.2) is 33.9 Å². The molecule has 1 aromatic heterocycles. The van der Waals surface area contributed by atoms with Crippen molar-refractivity contribution in [3.05, 3.63) is 82.4 Å². The molecule has 2 heterocycles. The van der Waals surface area contributed by atoms with E-state index in [2.05, 4.69) is 22.1 Å². The summed E-state index contributed by atoms with van der Waals surface area (Å²) in [6.07, 6.45) is 5.34. The fraction of sp³-hybridized carbons (Fsp3) is 0.286. The summed E-state index contributed by atoms with van der Waals surface area (Å²) < 4.78 is 0. The second-order valence-electron chi connectivity index (χ2n) is 6.95. The number of nitrogens with zero attached hydrogens (tertiary/aromatic N) is 2. The van der Waals surface area contributed by atoms with E-state index in [0.717, 1.165) is 34.5 Å². The minimum atomic E-state index is -0.298. The van der Waals surface area contributed by atoms with Crippen LogP contribution in [-0.2, 0) is 16.8 Å². The van der Waals surface area contributed by atoms with E-state index in [1.165, 1.54) is 10.5 Å². The highest BCUT2D eigenvalue weighted by Crippen LogP contribution is 2.43. The van der Waals surface area contributed by atoms with Gasteiger partial charge in [0.2, 0.25) is 0 Å². The molecule has 1 N–H and O–H groups in total. The molecule has 1 fully saturated rings. The van der Waals surface area contributed by atoms with E-state index in [1.807, 2.05) is 54.7 Å². The van der Waals surface area contributed by atoms with E-state index in [1.54, 1.807) is 18.0 Å². The molecule has 2 aromatic carbocycles. The van der Waals surface area contributed by atoms with Crippen molar-refractivity contribution in [3.63, 3.8) is 0 Å². The first-order valence-electron chi connectivity index (χ1n) is 9.08. The van der Waals surface area contributed by atoms with E-state index in [9.17, 15) is 0 Å². The van der Waals surface area contributed by atoms with Crippen molar-refractivity contribution in [2.24, 2.45) is 0 Å². The molecule has 0 bridgehead atoms. The number of hydrogen-bond acceptors (Lipinski definition) is 4.